The van der Waals surface area contributed by atoms with Crippen molar-refractivity contribution in [2.24, 2.45) is 0 Å². The van der Waals surface area contributed by atoms with E-state index in [-0.39, 0.29) is 5.43 Å². The normalized spacial score (nSPS) is 10.9. The minimum absolute atomic E-state index is 0.00647. The Labute approximate surface area is 139 Å². The number of thioether (sulfide) groups is 1. The molecule has 0 saturated carbocycles. The molecule has 0 amide bonds. The van der Waals surface area contributed by atoms with Gasteiger partial charge >= 0.3 is 0 Å². The van der Waals surface area contributed by atoms with Crippen LogP contribution in [0.3, 0.4) is 0 Å². The Morgan fingerprint density at radius 3 is 2.65 bits per heavy atom. The van der Waals surface area contributed by atoms with Crippen LogP contribution in [0.5, 0.6) is 5.75 Å². The monoisotopic (exact) mass is 326 g/mol. The van der Waals surface area contributed by atoms with E-state index < -0.39 is 0 Å². The van der Waals surface area contributed by atoms with Crippen LogP contribution in [0.25, 0.3) is 11.0 Å². The maximum atomic E-state index is 12.2. The van der Waals surface area contributed by atoms with Crippen molar-refractivity contribution in [3.63, 3.8) is 0 Å². The van der Waals surface area contributed by atoms with Crippen LogP contribution in [0.2, 0.25) is 0 Å². The minimum atomic E-state index is -0.00647. The number of rotatable bonds is 5. The van der Waals surface area contributed by atoms with Gasteiger partial charge in [0.25, 0.3) is 0 Å². The van der Waals surface area contributed by atoms with Crippen molar-refractivity contribution in [3.8, 4) is 5.75 Å². The van der Waals surface area contributed by atoms with Gasteiger partial charge in [-0.3, -0.25) is 4.79 Å². The molecule has 2 aromatic carbocycles. The van der Waals surface area contributed by atoms with Crippen LogP contribution >= 0.6 is 11.8 Å². The maximum absolute atomic E-state index is 12.2. The van der Waals surface area contributed by atoms with Crippen molar-refractivity contribution in [1.29, 1.82) is 0 Å². The molecule has 0 saturated heterocycles. The molecule has 0 bridgehead atoms. The second kappa shape index (κ2) is 6.92. The average Bonchev–Trinajstić information content (AvgIpc) is 2.56. The zero-order valence-electron chi connectivity index (χ0n) is 13.2. The summed E-state index contributed by atoms with van der Waals surface area (Å²) >= 11 is 1.63. The number of fused-ring (bicyclic) bond motifs is 1. The van der Waals surface area contributed by atoms with Crippen molar-refractivity contribution in [2.45, 2.75) is 19.3 Å². The van der Waals surface area contributed by atoms with Gasteiger partial charge in [-0.15, -0.1) is 0 Å². The molecule has 118 valence electrons. The number of ether oxygens (including phenoxy) is 1. The lowest BCUT2D eigenvalue weighted by Gasteiger charge is -2.11. The van der Waals surface area contributed by atoms with Crippen molar-refractivity contribution in [2.75, 3.05) is 6.26 Å². The summed E-state index contributed by atoms with van der Waals surface area (Å²) in [6.07, 6.45) is 1.98. The molecule has 1 heterocycles. The molecule has 0 unspecified atom stereocenters. The Balaban J connectivity index is 1.95. The summed E-state index contributed by atoms with van der Waals surface area (Å²) in [5.74, 6) is 2.11. The summed E-state index contributed by atoms with van der Waals surface area (Å²) in [6, 6.07) is 15.2. The van der Waals surface area contributed by atoms with Gasteiger partial charge < -0.3 is 9.15 Å². The molecule has 1 aromatic heterocycles. The predicted octanol–water partition coefficient (Wildman–Crippen LogP) is 4.54. The lowest BCUT2D eigenvalue weighted by molar-refractivity contribution is 0.304. The van der Waals surface area contributed by atoms with Gasteiger partial charge in [-0.2, -0.15) is 11.8 Å². The number of hydrogen-bond acceptors (Lipinski definition) is 4. The first-order valence-electron chi connectivity index (χ1n) is 7.41. The fraction of sp³-hybridized carbons (Fsp3) is 0.211. The van der Waals surface area contributed by atoms with Crippen LogP contribution in [0, 0.1) is 6.92 Å². The van der Waals surface area contributed by atoms with E-state index in [0.29, 0.717) is 29.1 Å². The Morgan fingerprint density at radius 1 is 1.13 bits per heavy atom. The van der Waals surface area contributed by atoms with E-state index in [1.54, 1.807) is 23.9 Å². The molecule has 3 nitrogen and oxygen atoms in total. The lowest BCUT2D eigenvalue weighted by Crippen LogP contribution is -2.04. The van der Waals surface area contributed by atoms with E-state index in [1.807, 2.05) is 49.6 Å². The Hall–Kier alpha value is -2.20. The molecule has 0 atom stereocenters. The zero-order chi connectivity index (χ0) is 16.2. The van der Waals surface area contributed by atoms with Crippen LogP contribution in [0.1, 0.15) is 16.9 Å². The van der Waals surface area contributed by atoms with Crippen LogP contribution in [0.4, 0.5) is 0 Å². The fourth-order valence-corrected chi connectivity index (χ4v) is 2.92. The van der Waals surface area contributed by atoms with Gasteiger partial charge in [0.15, 0.2) is 5.43 Å². The first-order valence-corrected chi connectivity index (χ1v) is 8.80. The molecule has 0 fully saturated rings. The van der Waals surface area contributed by atoms with Crippen molar-refractivity contribution >= 4 is 22.7 Å². The molecule has 0 N–H and O–H groups in total. The van der Waals surface area contributed by atoms with E-state index in [4.69, 9.17) is 9.15 Å². The predicted molar refractivity (Wildman–Crippen MR) is 95.2 cm³/mol. The largest absolute Gasteiger partial charge is 0.488 e. The van der Waals surface area contributed by atoms with Crippen LogP contribution in [-0.4, -0.2) is 6.26 Å². The van der Waals surface area contributed by atoms with E-state index in [1.165, 1.54) is 0 Å². The Morgan fingerprint density at radius 2 is 1.91 bits per heavy atom. The molecule has 0 spiro atoms. The average molecular weight is 326 g/mol. The third-order valence-electron chi connectivity index (χ3n) is 3.67. The van der Waals surface area contributed by atoms with Crippen LogP contribution < -0.4 is 10.2 Å². The molecule has 0 aliphatic heterocycles. The SMILES string of the molecule is CSCc1cc(=O)c2ccc(OCc3ccccc3)c(C)c2o1. The summed E-state index contributed by atoms with van der Waals surface area (Å²) < 4.78 is 11.8. The highest BCUT2D eigenvalue weighted by atomic mass is 32.2. The van der Waals surface area contributed by atoms with E-state index in [0.717, 1.165) is 16.9 Å². The molecule has 3 rings (SSSR count). The molecular weight excluding hydrogens is 308 g/mol. The van der Waals surface area contributed by atoms with Gasteiger partial charge in [-0.05, 0) is 30.9 Å². The smallest absolute Gasteiger partial charge is 0.192 e. The number of aryl methyl sites for hydroxylation is 1. The summed E-state index contributed by atoms with van der Waals surface area (Å²) in [5, 5.41) is 0.597. The van der Waals surface area contributed by atoms with Crippen molar-refractivity contribution in [3.05, 3.63) is 75.6 Å². The molecule has 3 aromatic rings. The highest BCUT2D eigenvalue weighted by Gasteiger charge is 2.11. The van der Waals surface area contributed by atoms with E-state index >= 15 is 0 Å². The molecule has 23 heavy (non-hydrogen) atoms. The Kier molecular flexibility index (Phi) is 4.72. The second-order valence-electron chi connectivity index (χ2n) is 5.35. The summed E-state index contributed by atoms with van der Waals surface area (Å²) in [6.45, 7) is 2.41. The van der Waals surface area contributed by atoms with E-state index in [9.17, 15) is 4.79 Å². The lowest BCUT2D eigenvalue weighted by atomic mass is 10.1. The standard InChI is InChI=1S/C19H18O3S/c1-13-18(21-11-14-6-4-3-5-7-14)9-8-16-17(20)10-15(12-23-2)22-19(13)16/h3-10H,11-12H2,1-2H3. The fourth-order valence-electron chi connectivity index (χ4n) is 2.49. The van der Waals surface area contributed by atoms with Gasteiger partial charge in [-0.1, -0.05) is 30.3 Å². The summed E-state index contributed by atoms with van der Waals surface area (Å²) in [4.78, 5) is 12.2. The first-order chi connectivity index (χ1) is 11.2. The highest BCUT2D eigenvalue weighted by Crippen LogP contribution is 2.27. The van der Waals surface area contributed by atoms with Crippen LogP contribution in [0.15, 0.2) is 57.7 Å². The van der Waals surface area contributed by atoms with Gasteiger partial charge in [0.05, 0.1) is 11.1 Å². The second-order valence-corrected chi connectivity index (χ2v) is 6.22. The number of hydrogen-bond donors (Lipinski definition) is 0. The van der Waals surface area contributed by atoms with Gasteiger partial charge in [0, 0.05) is 11.6 Å². The number of benzene rings is 2. The van der Waals surface area contributed by atoms with E-state index in [2.05, 4.69) is 0 Å². The quantitative estimate of drug-likeness (QED) is 0.690. The summed E-state index contributed by atoms with van der Waals surface area (Å²) in [7, 11) is 0. The summed E-state index contributed by atoms with van der Waals surface area (Å²) in [5.41, 5.74) is 2.57. The molecule has 0 aliphatic carbocycles. The van der Waals surface area contributed by atoms with Gasteiger partial charge in [0.2, 0.25) is 0 Å². The third-order valence-corrected chi connectivity index (χ3v) is 4.24. The highest BCUT2D eigenvalue weighted by molar-refractivity contribution is 7.97. The molecule has 0 radical (unpaired) electrons. The molecule has 4 heteroatoms. The topological polar surface area (TPSA) is 39.4 Å². The maximum Gasteiger partial charge on any atom is 0.192 e. The molecular formula is C19H18O3S. The van der Waals surface area contributed by atoms with Crippen molar-refractivity contribution < 1.29 is 9.15 Å². The van der Waals surface area contributed by atoms with Gasteiger partial charge in [0.1, 0.15) is 23.7 Å². The first kappa shape index (κ1) is 15.7. The Bertz CT molecular complexity index is 869. The van der Waals surface area contributed by atoms with Crippen LogP contribution in [-0.2, 0) is 12.4 Å². The third kappa shape index (κ3) is 3.42. The molecule has 0 aliphatic rings. The zero-order valence-corrected chi connectivity index (χ0v) is 14.0. The van der Waals surface area contributed by atoms with Crippen molar-refractivity contribution in [1.82, 2.24) is 0 Å². The van der Waals surface area contributed by atoms with Gasteiger partial charge in [-0.25, -0.2) is 0 Å². The minimum Gasteiger partial charge on any atom is -0.488 e.